The van der Waals surface area contributed by atoms with E-state index in [1.165, 1.54) is 11.6 Å². The molecule has 0 aliphatic carbocycles. The number of nitrogens with zero attached hydrogens (tertiary/aromatic N) is 6. The molecule has 11 heteroatoms. The molecule has 0 N–H and O–H groups in total. The molecule has 0 bridgehead atoms. The fourth-order valence-corrected chi connectivity index (χ4v) is 3.67. The van der Waals surface area contributed by atoms with Gasteiger partial charge >= 0.3 is 5.69 Å². The highest BCUT2D eigenvalue weighted by Crippen LogP contribution is 2.21. The first-order valence-electron chi connectivity index (χ1n) is 7.14. The van der Waals surface area contributed by atoms with E-state index in [1.54, 1.807) is 23.0 Å². The standard InChI is InChI=1S/C14H11BrN6O3S/c1-19-11-9(12(22)20(2)14(19)23)17-13(15)21(11)5-8-16-10(18-24-8)7-3-4-25-6-7/h3-4,6H,5H2,1-2H3. The van der Waals surface area contributed by atoms with Crippen molar-refractivity contribution in [2.24, 2.45) is 14.1 Å². The van der Waals surface area contributed by atoms with Gasteiger partial charge in [0, 0.05) is 25.0 Å². The lowest BCUT2D eigenvalue weighted by molar-refractivity contribution is 0.371. The zero-order chi connectivity index (χ0) is 17.7. The van der Waals surface area contributed by atoms with Crippen molar-refractivity contribution in [3.05, 3.63) is 48.3 Å². The average molecular weight is 423 g/mol. The minimum Gasteiger partial charge on any atom is -0.337 e. The number of rotatable bonds is 3. The highest BCUT2D eigenvalue weighted by Gasteiger charge is 2.19. The topological polar surface area (TPSA) is 101 Å². The van der Waals surface area contributed by atoms with Crippen molar-refractivity contribution in [3.63, 3.8) is 0 Å². The van der Waals surface area contributed by atoms with E-state index in [-0.39, 0.29) is 12.1 Å². The van der Waals surface area contributed by atoms with Gasteiger partial charge in [0.05, 0.1) is 0 Å². The molecule has 4 aromatic rings. The van der Waals surface area contributed by atoms with Crippen LogP contribution in [-0.2, 0) is 20.6 Å². The molecule has 0 saturated heterocycles. The fraction of sp³-hybridized carbons (Fsp3) is 0.214. The van der Waals surface area contributed by atoms with Crippen LogP contribution < -0.4 is 11.2 Å². The summed E-state index contributed by atoms with van der Waals surface area (Å²) in [7, 11) is 3.00. The Kier molecular flexibility index (Phi) is 3.69. The third kappa shape index (κ3) is 2.46. The summed E-state index contributed by atoms with van der Waals surface area (Å²) in [5.41, 5.74) is 0.554. The molecule has 0 amide bonds. The smallest absolute Gasteiger partial charge is 0.332 e. The predicted octanol–water partition coefficient (Wildman–Crippen LogP) is 1.36. The molecule has 25 heavy (non-hydrogen) atoms. The van der Waals surface area contributed by atoms with Crippen molar-refractivity contribution in [2.45, 2.75) is 6.54 Å². The Morgan fingerprint density at radius 1 is 1.24 bits per heavy atom. The summed E-state index contributed by atoms with van der Waals surface area (Å²) in [6, 6.07) is 1.90. The van der Waals surface area contributed by atoms with Crippen molar-refractivity contribution in [1.82, 2.24) is 28.8 Å². The molecule has 9 nitrogen and oxygen atoms in total. The van der Waals surface area contributed by atoms with Gasteiger partial charge < -0.3 is 4.52 Å². The van der Waals surface area contributed by atoms with E-state index in [0.717, 1.165) is 10.1 Å². The number of halogens is 1. The van der Waals surface area contributed by atoms with Gasteiger partial charge in [-0.05, 0) is 27.4 Å². The first-order valence-corrected chi connectivity index (χ1v) is 8.88. The summed E-state index contributed by atoms with van der Waals surface area (Å²) in [4.78, 5) is 33.1. The lowest BCUT2D eigenvalue weighted by Gasteiger charge is -2.07. The normalized spacial score (nSPS) is 11.5. The van der Waals surface area contributed by atoms with Gasteiger partial charge in [-0.25, -0.2) is 9.78 Å². The summed E-state index contributed by atoms with van der Waals surface area (Å²) < 4.78 is 9.72. The number of aryl methyl sites for hydroxylation is 1. The van der Waals surface area contributed by atoms with Crippen molar-refractivity contribution in [1.29, 1.82) is 0 Å². The van der Waals surface area contributed by atoms with Crippen molar-refractivity contribution in [3.8, 4) is 11.4 Å². The maximum absolute atomic E-state index is 12.3. The van der Waals surface area contributed by atoms with Crippen LogP contribution in [0.4, 0.5) is 0 Å². The van der Waals surface area contributed by atoms with Crippen LogP contribution in [0.15, 0.2) is 35.7 Å². The third-order valence-electron chi connectivity index (χ3n) is 3.83. The van der Waals surface area contributed by atoms with Crippen LogP contribution in [0.2, 0.25) is 0 Å². The fourth-order valence-electron chi connectivity index (χ4n) is 2.57. The number of hydrogen-bond acceptors (Lipinski definition) is 7. The van der Waals surface area contributed by atoms with Gasteiger partial charge in [0.1, 0.15) is 6.54 Å². The van der Waals surface area contributed by atoms with Gasteiger partial charge in [-0.2, -0.15) is 16.3 Å². The highest BCUT2D eigenvalue weighted by atomic mass is 79.9. The molecule has 4 rings (SSSR count). The average Bonchev–Trinajstić information content (AvgIpc) is 3.32. The molecular weight excluding hydrogens is 412 g/mol. The van der Waals surface area contributed by atoms with Gasteiger partial charge in [-0.1, -0.05) is 5.16 Å². The number of hydrogen-bond donors (Lipinski definition) is 0. The van der Waals surface area contributed by atoms with Crippen molar-refractivity contribution in [2.75, 3.05) is 0 Å². The van der Waals surface area contributed by atoms with E-state index in [0.29, 0.717) is 22.1 Å². The minimum absolute atomic E-state index is 0.175. The molecule has 4 heterocycles. The molecular formula is C14H11BrN6O3S. The number of aromatic nitrogens is 6. The maximum atomic E-state index is 12.3. The Bertz CT molecular complexity index is 1200. The second-order valence-electron chi connectivity index (χ2n) is 5.37. The van der Waals surface area contributed by atoms with Gasteiger partial charge in [0.15, 0.2) is 15.9 Å². The monoisotopic (exact) mass is 422 g/mol. The summed E-state index contributed by atoms with van der Waals surface area (Å²) in [5, 5.41) is 7.81. The van der Waals surface area contributed by atoms with Crippen LogP contribution in [0.5, 0.6) is 0 Å². The van der Waals surface area contributed by atoms with Gasteiger partial charge in [0.2, 0.25) is 11.7 Å². The van der Waals surface area contributed by atoms with Crippen LogP contribution in [0.3, 0.4) is 0 Å². The number of thiophene rings is 1. The van der Waals surface area contributed by atoms with E-state index in [4.69, 9.17) is 4.52 Å². The van der Waals surface area contributed by atoms with Gasteiger partial charge in [-0.15, -0.1) is 0 Å². The summed E-state index contributed by atoms with van der Waals surface area (Å²) in [6.45, 7) is 0.175. The Labute approximate surface area is 152 Å². The van der Waals surface area contributed by atoms with Gasteiger partial charge in [-0.3, -0.25) is 18.5 Å². The first-order chi connectivity index (χ1) is 12.0. The first kappa shape index (κ1) is 16.0. The number of imidazole rings is 1. The highest BCUT2D eigenvalue weighted by molar-refractivity contribution is 9.10. The van der Waals surface area contributed by atoms with Crippen molar-refractivity contribution >= 4 is 38.4 Å². The van der Waals surface area contributed by atoms with Crippen LogP contribution in [0.1, 0.15) is 5.89 Å². The Morgan fingerprint density at radius 2 is 2.04 bits per heavy atom. The molecule has 0 unspecified atom stereocenters. The van der Waals surface area contributed by atoms with Crippen LogP contribution in [-0.4, -0.2) is 28.8 Å². The van der Waals surface area contributed by atoms with E-state index in [1.807, 2.05) is 16.8 Å². The summed E-state index contributed by atoms with van der Waals surface area (Å²) in [5.74, 6) is 0.830. The third-order valence-corrected chi connectivity index (χ3v) is 5.12. The van der Waals surface area contributed by atoms with Gasteiger partial charge in [0.25, 0.3) is 5.56 Å². The summed E-state index contributed by atoms with van der Waals surface area (Å²) >= 11 is 4.87. The largest absolute Gasteiger partial charge is 0.337 e. The van der Waals surface area contributed by atoms with Crippen LogP contribution in [0, 0.1) is 0 Å². The predicted molar refractivity (Wildman–Crippen MR) is 94.6 cm³/mol. The second kappa shape index (κ2) is 5.77. The molecule has 0 aromatic carbocycles. The molecule has 128 valence electrons. The zero-order valence-corrected chi connectivity index (χ0v) is 15.5. The molecule has 0 saturated carbocycles. The second-order valence-corrected chi connectivity index (χ2v) is 6.86. The van der Waals surface area contributed by atoms with Crippen LogP contribution in [0.25, 0.3) is 22.6 Å². The molecule has 0 spiro atoms. The lowest BCUT2D eigenvalue weighted by atomic mass is 10.3. The molecule has 0 aliphatic heterocycles. The molecule has 4 aromatic heterocycles. The van der Waals surface area contributed by atoms with E-state index >= 15 is 0 Å². The summed E-state index contributed by atoms with van der Waals surface area (Å²) in [6.07, 6.45) is 0. The van der Waals surface area contributed by atoms with Crippen molar-refractivity contribution < 1.29 is 4.52 Å². The Balaban J connectivity index is 1.84. The minimum atomic E-state index is -0.456. The number of fused-ring (bicyclic) bond motifs is 1. The molecule has 0 atom stereocenters. The Morgan fingerprint density at radius 3 is 2.76 bits per heavy atom. The zero-order valence-electron chi connectivity index (χ0n) is 13.1. The lowest BCUT2D eigenvalue weighted by Crippen LogP contribution is -2.37. The quantitative estimate of drug-likeness (QED) is 0.462. The van der Waals surface area contributed by atoms with E-state index in [9.17, 15) is 9.59 Å². The maximum Gasteiger partial charge on any atom is 0.332 e. The molecule has 0 fully saturated rings. The molecule has 0 aliphatic rings. The Hall–Kier alpha value is -2.53. The van der Waals surface area contributed by atoms with E-state index < -0.39 is 11.2 Å². The van der Waals surface area contributed by atoms with E-state index in [2.05, 4.69) is 31.1 Å². The SMILES string of the molecule is Cn1c(=O)c2nc(Br)n(Cc3nc(-c4ccsc4)no3)c2n(C)c1=O. The molecule has 0 radical (unpaired) electrons. The van der Waals surface area contributed by atoms with Crippen LogP contribution >= 0.6 is 27.3 Å².